The van der Waals surface area contributed by atoms with Gasteiger partial charge in [0.05, 0.1) is 19.6 Å². The first-order chi connectivity index (χ1) is 11.0. The van der Waals surface area contributed by atoms with Crippen molar-refractivity contribution in [3.05, 3.63) is 46.6 Å². The van der Waals surface area contributed by atoms with Crippen LogP contribution in [-0.2, 0) is 0 Å². The van der Waals surface area contributed by atoms with Gasteiger partial charge in [0.25, 0.3) is 0 Å². The lowest BCUT2D eigenvalue weighted by Gasteiger charge is -2.10. The van der Waals surface area contributed by atoms with Gasteiger partial charge in [-0.05, 0) is 30.3 Å². The summed E-state index contributed by atoms with van der Waals surface area (Å²) in [6.45, 7) is 0. The summed E-state index contributed by atoms with van der Waals surface area (Å²) >= 11 is 0. The molecule has 0 saturated carbocycles. The van der Waals surface area contributed by atoms with Crippen molar-refractivity contribution in [3.8, 4) is 34.3 Å². The summed E-state index contributed by atoms with van der Waals surface area (Å²) in [6.07, 6.45) is 0. The van der Waals surface area contributed by atoms with E-state index in [0.29, 0.717) is 17.1 Å². The lowest BCUT2D eigenvalue weighted by molar-refractivity contribution is 0.355. The molecule has 0 atom stereocenters. The standard InChI is InChI=1S/C17H14O6/c1-21-13-6-3-9(7-15(13)22-2)14-8-12(19)10-4-5-11(18)16(20)17(10)23-14/h3-8,18,20H,1-2H3. The van der Waals surface area contributed by atoms with Gasteiger partial charge in [0, 0.05) is 11.6 Å². The van der Waals surface area contributed by atoms with E-state index < -0.39 is 5.75 Å². The van der Waals surface area contributed by atoms with Gasteiger partial charge >= 0.3 is 0 Å². The van der Waals surface area contributed by atoms with Gasteiger partial charge in [0.1, 0.15) is 5.76 Å². The number of hydrogen-bond acceptors (Lipinski definition) is 6. The van der Waals surface area contributed by atoms with Crippen LogP contribution in [0.15, 0.2) is 45.6 Å². The molecule has 2 N–H and O–H groups in total. The van der Waals surface area contributed by atoms with Gasteiger partial charge in [-0.3, -0.25) is 4.79 Å². The Bertz CT molecular complexity index is 942. The molecule has 0 saturated heterocycles. The molecule has 1 aromatic heterocycles. The van der Waals surface area contributed by atoms with E-state index in [4.69, 9.17) is 13.9 Å². The van der Waals surface area contributed by atoms with Crippen molar-refractivity contribution < 1.29 is 24.1 Å². The van der Waals surface area contributed by atoms with Crippen molar-refractivity contribution in [2.45, 2.75) is 0 Å². The Kier molecular flexibility index (Phi) is 3.57. The molecule has 0 fully saturated rings. The molecule has 3 aromatic rings. The highest BCUT2D eigenvalue weighted by atomic mass is 16.5. The Morgan fingerprint density at radius 2 is 1.70 bits per heavy atom. The van der Waals surface area contributed by atoms with E-state index >= 15 is 0 Å². The zero-order valence-corrected chi connectivity index (χ0v) is 12.5. The molecule has 0 aliphatic rings. The molecule has 0 spiro atoms. The highest BCUT2D eigenvalue weighted by Gasteiger charge is 2.14. The van der Waals surface area contributed by atoms with E-state index in [-0.39, 0.29) is 27.9 Å². The summed E-state index contributed by atoms with van der Waals surface area (Å²) in [6, 6.07) is 8.99. The lowest BCUT2D eigenvalue weighted by Crippen LogP contribution is -2.00. The first kappa shape index (κ1) is 14.8. The number of aromatic hydroxyl groups is 2. The van der Waals surface area contributed by atoms with Crippen molar-refractivity contribution in [2.75, 3.05) is 14.2 Å². The van der Waals surface area contributed by atoms with Gasteiger partial charge in [-0.25, -0.2) is 0 Å². The first-order valence-electron chi connectivity index (χ1n) is 6.76. The molecule has 3 rings (SSSR count). The summed E-state index contributed by atoms with van der Waals surface area (Å²) in [5.74, 6) is 0.434. The van der Waals surface area contributed by atoms with Crippen molar-refractivity contribution >= 4 is 11.0 Å². The summed E-state index contributed by atoms with van der Waals surface area (Å²) in [4.78, 5) is 12.2. The third kappa shape index (κ3) is 2.44. The maximum Gasteiger partial charge on any atom is 0.201 e. The van der Waals surface area contributed by atoms with Gasteiger partial charge in [0.15, 0.2) is 28.3 Å². The molecule has 1 heterocycles. The monoisotopic (exact) mass is 314 g/mol. The number of ether oxygens (including phenoxy) is 2. The Balaban J connectivity index is 2.25. The second-order valence-electron chi connectivity index (χ2n) is 4.85. The number of phenolic OH excluding ortho intramolecular Hbond substituents is 2. The number of rotatable bonds is 3. The van der Waals surface area contributed by atoms with E-state index in [2.05, 4.69) is 0 Å². The van der Waals surface area contributed by atoms with Crippen LogP contribution in [0.4, 0.5) is 0 Å². The molecular formula is C17H14O6. The number of methoxy groups -OCH3 is 2. The number of hydrogen-bond donors (Lipinski definition) is 2. The van der Waals surface area contributed by atoms with Crippen molar-refractivity contribution in [1.29, 1.82) is 0 Å². The fraction of sp³-hybridized carbons (Fsp3) is 0.118. The van der Waals surface area contributed by atoms with Crippen LogP contribution in [0.3, 0.4) is 0 Å². The number of phenols is 2. The maximum absolute atomic E-state index is 12.2. The fourth-order valence-corrected chi connectivity index (χ4v) is 2.33. The van der Waals surface area contributed by atoms with Gasteiger partial charge < -0.3 is 24.1 Å². The van der Waals surface area contributed by atoms with Crippen molar-refractivity contribution in [3.63, 3.8) is 0 Å². The van der Waals surface area contributed by atoms with Gasteiger partial charge in [-0.1, -0.05) is 0 Å². The first-order valence-corrected chi connectivity index (χ1v) is 6.76. The lowest BCUT2D eigenvalue weighted by atomic mass is 10.1. The van der Waals surface area contributed by atoms with Crippen LogP contribution < -0.4 is 14.9 Å². The second kappa shape index (κ2) is 5.57. The Hall–Kier alpha value is -3.15. The topological polar surface area (TPSA) is 89.1 Å². The van der Waals surface area contributed by atoms with E-state index in [1.54, 1.807) is 18.2 Å². The predicted octanol–water partition coefficient (Wildman–Crippen LogP) is 2.89. The molecular weight excluding hydrogens is 300 g/mol. The Labute approximate surface area is 131 Å². The molecule has 0 bridgehead atoms. The van der Waals surface area contributed by atoms with E-state index in [9.17, 15) is 15.0 Å². The van der Waals surface area contributed by atoms with Gasteiger partial charge in [0.2, 0.25) is 5.75 Å². The minimum absolute atomic E-state index is 0.0673. The summed E-state index contributed by atoms with van der Waals surface area (Å²) < 4.78 is 16.0. The van der Waals surface area contributed by atoms with Crippen LogP contribution >= 0.6 is 0 Å². The summed E-state index contributed by atoms with van der Waals surface area (Å²) in [7, 11) is 3.02. The largest absolute Gasteiger partial charge is 0.504 e. The van der Waals surface area contributed by atoms with Crippen LogP contribution in [0.5, 0.6) is 23.0 Å². The highest BCUT2D eigenvalue weighted by molar-refractivity contribution is 5.86. The number of fused-ring (bicyclic) bond motifs is 1. The average molecular weight is 314 g/mol. The minimum Gasteiger partial charge on any atom is -0.504 e. The quantitative estimate of drug-likeness (QED) is 0.723. The predicted molar refractivity (Wildman–Crippen MR) is 84.4 cm³/mol. The molecule has 2 aromatic carbocycles. The maximum atomic E-state index is 12.2. The normalized spacial score (nSPS) is 10.7. The molecule has 0 aliphatic carbocycles. The van der Waals surface area contributed by atoms with Crippen molar-refractivity contribution in [1.82, 2.24) is 0 Å². The van der Waals surface area contributed by atoms with E-state index in [1.165, 1.54) is 32.4 Å². The minimum atomic E-state index is -0.470. The molecule has 6 heteroatoms. The summed E-state index contributed by atoms with van der Waals surface area (Å²) in [5, 5.41) is 19.7. The molecule has 118 valence electrons. The van der Waals surface area contributed by atoms with Crippen molar-refractivity contribution in [2.24, 2.45) is 0 Å². The molecule has 23 heavy (non-hydrogen) atoms. The smallest absolute Gasteiger partial charge is 0.201 e. The Morgan fingerprint density at radius 3 is 2.39 bits per heavy atom. The number of benzene rings is 2. The molecule has 6 nitrogen and oxygen atoms in total. The third-order valence-electron chi connectivity index (χ3n) is 3.52. The van der Waals surface area contributed by atoms with Crippen LogP contribution in [-0.4, -0.2) is 24.4 Å². The Morgan fingerprint density at radius 1 is 0.957 bits per heavy atom. The molecule has 0 amide bonds. The zero-order chi connectivity index (χ0) is 16.6. The molecule has 0 radical (unpaired) electrons. The summed E-state index contributed by atoms with van der Waals surface area (Å²) in [5.41, 5.74) is 0.179. The van der Waals surface area contributed by atoms with Crippen LogP contribution in [0, 0.1) is 0 Å². The second-order valence-corrected chi connectivity index (χ2v) is 4.85. The van der Waals surface area contributed by atoms with Crippen LogP contribution in [0.1, 0.15) is 0 Å². The van der Waals surface area contributed by atoms with E-state index in [1.807, 2.05) is 0 Å². The van der Waals surface area contributed by atoms with E-state index in [0.717, 1.165) is 0 Å². The van der Waals surface area contributed by atoms with Gasteiger partial charge in [-0.2, -0.15) is 0 Å². The average Bonchev–Trinajstić information content (AvgIpc) is 2.57. The van der Waals surface area contributed by atoms with Gasteiger partial charge in [-0.15, -0.1) is 0 Å². The molecule has 0 aliphatic heterocycles. The molecule has 0 unspecified atom stereocenters. The fourth-order valence-electron chi connectivity index (χ4n) is 2.33. The third-order valence-corrected chi connectivity index (χ3v) is 3.52. The van der Waals surface area contributed by atoms with Crippen LogP contribution in [0.25, 0.3) is 22.3 Å². The zero-order valence-electron chi connectivity index (χ0n) is 12.5. The SMILES string of the molecule is COc1ccc(-c2cc(=O)c3ccc(O)c(O)c3o2)cc1OC. The van der Waals surface area contributed by atoms with Crippen LogP contribution in [0.2, 0.25) is 0 Å². The highest BCUT2D eigenvalue weighted by Crippen LogP contribution is 2.36.